The SMILES string of the molecule is Cc1oc(CN2CCC3(CCCCC3)CC2)cc1CN. The zero-order valence-electron chi connectivity index (χ0n) is 12.8. The highest BCUT2D eigenvalue weighted by atomic mass is 16.3. The van der Waals surface area contributed by atoms with Gasteiger partial charge in [0.05, 0.1) is 6.54 Å². The van der Waals surface area contributed by atoms with Gasteiger partial charge in [-0.3, -0.25) is 4.90 Å². The van der Waals surface area contributed by atoms with Crippen LogP contribution >= 0.6 is 0 Å². The molecule has 2 N–H and O–H groups in total. The van der Waals surface area contributed by atoms with Gasteiger partial charge < -0.3 is 10.2 Å². The van der Waals surface area contributed by atoms with Crippen molar-refractivity contribution in [3.8, 4) is 0 Å². The highest BCUT2D eigenvalue weighted by Crippen LogP contribution is 2.44. The van der Waals surface area contributed by atoms with Crippen LogP contribution in [-0.2, 0) is 13.1 Å². The van der Waals surface area contributed by atoms with Crippen molar-refractivity contribution in [2.24, 2.45) is 11.1 Å². The molecule has 112 valence electrons. The van der Waals surface area contributed by atoms with E-state index in [0.717, 1.165) is 23.6 Å². The maximum Gasteiger partial charge on any atom is 0.118 e. The predicted octanol–water partition coefficient (Wildman–Crippen LogP) is 3.59. The van der Waals surface area contributed by atoms with Crippen molar-refractivity contribution < 1.29 is 4.42 Å². The first-order valence-electron chi connectivity index (χ1n) is 8.21. The molecule has 0 radical (unpaired) electrons. The van der Waals surface area contributed by atoms with Crippen molar-refractivity contribution in [1.29, 1.82) is 0 Å². The summed E-state index contributed by atoms with van der Waals surface area (Å²) >= 11 is 0. The Morgan fingerprint density at radius 3 is 2.45 bits per heavy atom. The number of hydrogen-bond acceptors (Lipinski definition) is 3. The lowest BCUT2D eigenvalue weighted by molar-refractivity contribution is 0.0607. The van der Waals surface area contributed by atoms with Gasteiger partial charge in [-0.2, -0.15) is 0 Å². The van der Waals surface area contributed by atoms with Crippen LogP contribution in [0.15, 0.2) is 10.5 Å². The Balaban J connectivity index is 1.55. The van der Waals surface area contributed by atoms with Crippen molar-refractivity contribution >= 4 is 0 Å². The van der Waals surface area contributed by atoms with Gasteiger partial charge in [-0.1, -0.05) is 19.3 Å². The Morgan fingerprint density at radius 1 is 1.15 bits per heavy atom. The van der Waals surface area contributed by atoms with Gasteiger partial charge in [0.2, 0.25) is 0 Å². The molecule has 3 nitrogen and oxygen atoms in total. The van der Waals surface area contributed by atoms with E-state index in [1.807, 2.05) is 6.92 Å². The molecule has 1 saturated carbocycles. The normalized spacial score (nSPS) is 23.3. The molecule has 0 atom stereocenters. The van der Waals surface area contributed by atoms with E-state index < -0.39 is 0 Å². The Hall–Kier alpha value is -0.800. The van der Waals surface area contributed by atoms with Crippen LogP contribution in [0.3, 0.4) is 0 Å². The quantitative estimate of drug-likeness (QED) is 0.917. The number of furan rings is 1. The smallest absolute Gasteiger partial charge is 0.118 e. The average molecular weight is 276 g/mol. The Labute approximate surface area is 122 Å². The molecule has 1 aliphatic carbocycles. The van der Waals surface area contributed by atoms with Gasteiger partial charge >= 0.3 is 0 Å². The van der Waals surface area contributed by atoms with Crippen LogP contribution in [0.5, 0.6) is 0 Å². The second-order valence-electron chi connectivity index (χ2n) is 6.84. The van der Waals surface area contributed by atoms with E-state index >= 15 is 0 Å². The molecule has 1 aliphatic heterocycles. The van der Waals surface area contributed by atoms with E-state index in [4.69, 9.17) is 10.2 Å². The van der Waals surface area contributed by atoms with Crippen LogP contribution in [0.4, 0.5) is 0 Å². The maximum atomic E-state index is 5.82. The summed E-state index contributed by atoms with van der Waals surface area (Å²) in [5.41, 5.74) is 7.56. The summed E-state index contributed by atoms with van der Waals surface area (Å²) in [7, 11) is 0. The Kier molecular flexibility index (Phi) is 4.18. The summed E-state index contributed by atoms with van der Waals surface area (Å²) in [6, 6.07) is 2.14. The molecule has 2 heterocycles. The van der Waals surface area contributed by atoms with E-state index in [2.05, 4.69) is 11.0 Å². The predicted molar refractivity (Wildman–Crippen MR) is 81.4 cm³/mol. The average Bonchev–Trinajstić information content (AvgIpc) is 2.83. The topological polar surface area (TPSA) is 42.4 Å². The van der Waals surface area contributed by atoms with E-state index in [1.165, 1.54) is 58.0 Å². The van der Waals surface area contributed by atoms with Crippen LogP contribution in [0, 0.1) is 12.3 Å². The van der Waals surface area contributed by atoms with Crippen molar-refractivity contribution in [2.75, 3.05) is 13.1 Å². The van der Waals surface area contributed by atoms with Gasteiger partial charge in [0, 0.05) is 12.1 Å². The van der Waals surface area contributed by atoms with Crippen molar-refractivity contribution in [3.05, 3.63) is 23.2 Å². The molecule has 3 rings (SSSR count). The number of piperidine rings is 1. The monoisotopic (exact) mass is 276 g/mol. The molecule has 1 spiro atoms. The van der Waals surface area contributed by atoms with Crippen LogP contribution in [0.25, 0.3) is 0 Å². The lowest BCUT2D eigenvalue weighted by Crippen LogP contribution is -2.40. The van der Waals surface area contributed by atoms with Gasteiger partial charge in [-0.25, -0.2) is 0 Å². The summed E-state index contributed by atoms with van der Waals surface area (Å²) in [6.45, 7) is 6.02. The van der Waals surface area contributed by atoms with Crippen LogP contribution in [0.2, 0.25) is 0 Å². The molecule has 3 heteroatoms. The molecule has 0 aromatic carbocycles. The summed E-state index contributed by atoms with van der Waals surface area (Å²) in [5, 5.41) is 0. The highest BCUT2D eigenvalue weighted by Gasteiger charge is 2.35. The molecular weight excluding hydrogens is 248 g/mol. The first-order valence-corrected chi connectivity index (χ1v) is 8.21. The minimum Gasteiger partial charge on any atom is -0.465 e. The Morgan fingerprint density at radius 2 is 1.85 bits per heavy atom. The summed E-state index contributed by atoms with van der Waals surface area (Å²) < 4.78 is 5.82. The molecule has 20 heavy (non-hydrogen) atoms. The number of rotatable bonds is 3. The number of nitrogens with zero attached hydrogens (tertiary/aromatic N) is 1. The first kappa shape index (κ1) is 14.2. The fourth-order valence-electron chi connectivity index (χ4n) is 4.08. The lowest BCUT2D eigenvalue weighted by atomic mass is 9.68. The van der Waals surface area contributed by atoms with E-state index in [1.54, 1.807) is 0 Å². The third-order valence-corrected chi connectivity index (χ3v) is 5.50. The summed E-state index contributed by atoms with van der Waals surface area (Å²) in [4.78, 5) is 2.55. The molecule has 2 fully saturated rings. The third kappa shape index (κ3) is 2.94. The van der Waals surface area contributed by atoms with Crippen molar-refractivity contribution in [1.82, 2.24) is 4.90 Å². The highest BCUT2D eigenvalue weighted by molar-refractivity contribution is 5.20. The van der Waals surface area contributed by atoms with E-state index in [-0.39, 0.29) is 0 Å². The van der Waals surface area contributed by atoms with Gasteiger partial charge in [-0.05, 0) is 57.2 Å². The van der Waals surface area contributed by atoms with Crippen molar-refractivity contribution in [3.63, 3.8) is 0 Å². The maximum absolute atomic E-state index is 5.82. The van der Waals surface area contributed by atoms with Gasteiger partial charge in [-0.15, -0.1) is 0 Å². The molecule has 1 aromatic heterocycles. The standard InChI is InChI=1S/C17H28N2O/c1-14-15(12-18)11-16(20-14)13-19-9-7-17(8-10-19)5-3-2-4-6-17/h11H,2-10,12-13,18H2,1H3. The molecule has 1 saturated heterocycles. The molecule has 2 aliphatic rings. The molecule has 1 aromatic rings. The molecule has 0 amide bonds. The van der Waals surface area contributed by atoms with Crippen LogP contribution in [-0.4, -0.2) is 18.0 Å². The minimum absolute atomic E-state index is 0.582. The minimum atomic E-state index is 0.582. The number of nitrogens with two attached hydrogens (primary N) is 1. The summed E-state index contributed by atoms with van der Waals surface area (Å²) in [5.74, 6) is 2.07. The van der Waals surface area contributed by atoms with E-state index in [0.29, 0.717) is 12.0 Å². The second kappa shape index (κ2) is 5.90. The first-order chi connectivity index (χ1) is 9.71. The zero-order valence-corrected chi connectivity index (χ0v) is 12.8. The van der Waals surface area contributed by atoms with Gasteiger partial charge in [0.15, 0.2) is 0 Å². The fraction of sp³-hybridized carbons (Fsp3) is 0.765. The number of likely N-dealkylation sites (tertiary alicyclic amines) is 1. The largest absolute Gasteiger partial charge is 0.465 e. The van der Waals surface area contributed by atoms with Crippen LogP contribution < -0.4 is 5.73 Å². The molecule has 0 bridgehead atoms. The van der Waals surface area contributed by atoms with Crippen LogP contribution in [0.1, 0.15) is 62.0 Å². The number of aryl methyl sites for hydroxylation is 1. The zero-order chi connectivity index (χ0) is 14.0. The third-order valence-electron chi connectivity index (χ3n) is 5.50. The van der Waals surface area contributed by atoms with Crippen molar-refractivity contribution in [2.45, 2.75) is 65.0 Å². The van der Waals surface area contributed by atoms with Gasteiger partial charge in [0.1, 0.15) is 11.5 Å². The fourth-order valence-corrected chi connectivity index (χ4v) is 4.08. The molecular formula is C17H28N2O. The van der Waals surface area contributed by atoms with Gasteiger partial charge in [0.25, 0.3) is 0 Å². The molecule has 0 unspecified atom stereocenters. The Bertz CT molecular complexity index is 436. The summed E-state index contributed by atoms with van der Waals surface area (Å²) in [6.07, 6.45) is 10.1. The second-order valence-corrected chi connectivity index (χ2v) is 6.84. The van der Waals surface area contributed by atoms with E-state index in [9.17, 15) is 0 Å². The number of hydrogen-bond donors (Lipinski definition) is 1. The lowest BCUT2D eigenvalue weighted by Gasteiger charge is -2.44.